The van der Waals surface area contributed by atoms with Gasteiger partial charge >= 0.3 is 5.97 Å². The van der Waals surface area contributed by atoms with E-state index in [1.165, 1.54) is 6.20 Å². The Labute approximate surface area is 213 Å². The molecule has 6 rings (SSSR count). The monoisotopic (exact) mass is 500 g/mol. The van der Waals surface area contributed by atoms with Crippen LogP contribution in [0.4, 0.5) is 23.1 Å². The van der Waals surface area contributed by atoms with Gasteiger partial charge in [-0.2, -0.15) is 15.3 Å². The number of nitriles is 1. The number of rotatable bonds is 5. The quantitative estimate of drug-likeness (QED) is 0.477. The minimum atomic E-state index is -0.662. The van der Waals surface area contributed by atoms with Crippen molar-refractivity contribution < 1.29 is 9.90 Å². The minimum Gasteiger partial charge on any atom is -0.481 e. The molecule has 3 N–H and O–H groups in total. The summed E-state index contributed by atoms with van der Waals surface area (Å²) >= 11 is 0. The molecule has 2 aromatic heterocycles. The van der Waals surface area contributed by atoms with Crippen LogP contribution in [0.5, 0.6) is 0 Å². The Hall–Kier alpha value is -4.20. The molecule has 0 amide bonds. The highest BCUT2D eigenvalue weighted by Crippen LogP contribution is 2.59. The second kappa shape index (κ2) is 9.03. The fraction of sp³-hybridized carbons (Fsp3) is 0.462. The van der Waals surface area contributed by atoms with Gasteiger partial charge in [0.2, 0.25) is 5.95 Å². The molecule has 3 aliphatic rings. The number of aliphatic carboxylic acids is 1. The molecule has 3 fully saturated rings. The second-order valence-corrected chi connectivity index (χ2v) is 10.3. The fourth-order valence-corrected chi connectivity index (χ4v) is 5.78. The van der Waals surface area contributed by atoms with Gasteiger partial charge in [0.15, 0.2) is 0 Å². The molecule has 4 heterocycles. The smallest absolute Gasteiger partial charge is 0.307 e. The Morgan fingerprint density at radius 3 is 2.49 bits per heavy atom. The number of aromatic amines is 1. The van der Waals surface area contributed by atoms with Crippen LogP contribution in [0.3, 0.4) is 0 Å². The van der Waals surface area contributed by atoms with Gasteiger partial charge in [-0.1, -0.05) is 0 Å². The van der Waals surface area contributed by atoms with Crippen LogP contribution in [0, 0.1) is 28.6 Å². The predicted molar refractivity (Wildman–Crippen MR) is 138 cm³/mol. The zero-order valence-electron chi connectivity index (χ0n) is 20.4. The summed E-state index contributed by atoms with van der Waals surface area (Å²) in [7, 11) is 0. The lowest BCUT2D eigenvalue weighted by Gasteiger charge is -2.34. The normalized spacial score (nSPS) is 21.1. The number of carboxylic acid groups (broad SMARTS) is 1. The number of piperidine rings is 2. The van der Waals surface area contributed by atoms with Crippen molar-refractivity contribution in [2.24, 2.45) is 17.3 Å². The van der Waals surface area contributed by atoms with Crippen molar-refractivity contribution in [3.8, 4) is 6.07 Å². The molecule has 3 aromatic rings. The average Bonchev–Trinajstić information content (AvgIpc) is 3.63. The van der Waals surface area contributed by atoms with Crippen molar-refractivity contribution in [1.82, 2.24) is 20.2 Å². The molecule has 0 bridgehead atoms. The lowest BCUT2D eigenvalue weighted by Crippen LogP contribution is -2.35. The zero-order valence-corrected chi connectivity index (χ0v) is 20.4. The molecule has 1 spiro atoms. The molecule has 11 heteroatoms. The van der Waals surface area contributed by atoms with E-state index >= 15 is 0 Å². The van der Waals surface area contributed by atoms with Crippen molar-refractivity contribution in [2.75, 3.05) is 41.3 Å². The molecule has 1 saturated carbocycles. The first-order valence-electron chi connectivity index (χ1n) is 12.7. The Bertz CT molecular complexity index is 1430. The molecule has 1 unspecified atom stereocenters. The molecule has 2 saturated heterocycles. The van der Waals surface area contributed by atoms with Crippen LogP contribution in [0.2, 0.25) is 0 Å². The third-order valence-corrected chi connectivity index (χ3v) is 8.21. The van der Waals surface area contributed by atoms with Gasteiger partial charge in [0.25, 0.3) is 5.56 Å². The number of carboxylic acids is 1. The highest BCUT2D eigenvalue weighted by molar-refractivity contribution is 5.90. The minimum absolute atomic E-state index is 0.00138. The summed E-state index contributed by atoms with van der Waals surface area (Å²) in [6.07, 6.45) is 5.65. The Morgan fingerprint density at radius 2 is 1.84 bits per heavy atom. The van der Waals surface area contributed by atoms with Crippen LogP contribution < -0.4 is 20.7 Å². The standard InChI is InChI=1S/C26H28N8O3/c27-14-16-5-9-34(10-6-16)25-30-20-15-28-32-23(35)21(20)22(31-25)29-17-1-3-18(4-2-17)33-11-7-26(8-12-33)13-19(26)24(36)37/h1-4,15-16,19H,5-13H2,(H,32,35)(H,36,37)(H,29,30,31). The largest absolute Gasteiger partial charge is 0.481 e. The number of nitrogens with zero attached hydrogens (tertiary/aromatic N) is 6. The van der Waals surface area contributed by atoms with Crippen LogP contribution >= 0.6 is 0 Å². The molecule has 1 atom stereocenters. The van der Waals surface area contributed by atoms with Gasteiger partial charge in [-0.25, -0.2) is 10.1 Å². The van der Waals surface area contributed by atoms with E-state index in [2.05, 4.69) is 31.5 Å². The van der Waals surface area contributed by atoms with Crippen LogP contribution in [0.15, 0.2) is 35.3 Å². The highest BCUT2D eigenvalue weighted by Gasteiger charge is 2.58. The second-order valence-electron chi connectivity index (χ2n) is 10.3. The van der Waals surface area contributed by atoms with Gasteiger partial charge in [-0.3, -0.25) is 9.59 Å². The van der Waals surface area contributed by atoms with Crippen LogP contribution in [-0.2, 0) is 4.79 Å². The first-order valence-corrected chi connectivity index (χ1v) is 12.7. The maximum atomic E-state index is 12.6. The van der Waals surface area contributed by atoms with Crippen LogP contribution in [-0.4, -0.2) is 57.4 Å². The van der Waals surface area contributed by atoms with Gasteiger partial charge in [0, 0.05) is 43.5 Å². The van der Waals surface area contributed by atoms with Gasteiger partial charge in [0.05, 0.1) is 18.2 Å². The summed E-state index contributed by atoms with van der Waals surface area (Å²) in [5.41, 5.74) is 1.96. The number of benzene rings is 1. The lowest BCUT2D eigenvalue weighted by atomic mass is 9.90. The van der Waals surface area contributed by atoms with E-state index in [9.17, 15) is 20.0 Å². The summed E-state index contributed by atoms with van der Waals surface area (Å²) < 4.78 is 0. The topological polar surface area (TPSA) is 151 Å². The van der Waals surface area contributed by atoms with Crippen molar-refractivity contribution in [3.05, 3.63) is 40.8 Å². The molecule has 11 nitrogen and oxygen atoms in total. The lowest BCUT2D eigenvalue weighted by molar-refractivity contribution is -0.139. The maximum Gasteiger partial charge on any atom is 0.307 e. The van der Waals surface area contributed by atoms with Gasteiger partial charge < -0.3 is 20.2 Å². The number of carbonyl (C=O) groups is 1. The maximum absolute atomic E-state index is 12.6. The molecule has 1 aliphatic carbocycles. The Balaban J connectivity index is 1.21. The molecule has 37 heavy (non-hydrogen) atoms. The number of hydrogen-bond acceptors (Lipinski definition) is 9. The van der Waals surface area contributed by atoms with E-state index in [1.54, 1.807) is 0 Å². The average molecular weight is 501 g/mol. The number of hydrogen-bond donors (Lipinski definition) is 3. The number of H-pyrrole nitrogens is 1. The predicted octanol–water partition coefficient (Wildman–Crippen LogP) is 2.89. The van der Waals surface area contributed by atoms with E-state index in [-0.39, 0.29) is 22.8 Å². The van der Waals surface area contributed by atoms with E-state index < -0.39 is 5.97 Å². The van der Waals surface area contributed by atoms with Gasteiger partial charge in [-0.05, 0) is 61.8 Å². The van der Waals surface area contributed by atoms with Gasteiger partial charge in [-0.15, -0.1) is 0 Å². The molecular weight excluding hydrogens is 472 g/mol. The Morgan fingerprint density at radius 1 is 1.11 bits per heavy atom. The number of fused-ring (bicyclic) bond motifs is 1. The van der Waals surface area contributed by atoms with Crippen LogP contribution in [0.1, 0.15) is 32.1 Å². The van der Waals surface area contributed by atoms with Crippen molar-refractivity contribution >= 4 is 40.0 Å². The summed E-state index contributed by atoms with van der Waals surface area (Å²) in [6.45, 7) is 3.06. The van der Waals surface area contributed by atoms with Crippen molar-refractivity contribution in [2.45, 2.75) is 32.1 Å². The van der Waals surface area contributed by atoms with Gasteiger partial charge in [0.1, 0.15) is 16.7 Å². The first-order chi connectivity index (χ1) is 18.0. The highest BCUT2D eigenvalue weighted by atomic mass is 16.4. The Kier molecular flexibility index (Phi) is 5.67. The fourth-order valence-electron chi connectivity index (χ4n) is 5.78. The molecule has 2 aliphatic heterocycles. The molecular formula is C26H28N8O3. The van der Waals surface area contributed by atoms with E-state index in [4.69, 9.17) is 4.98 Å². The summed E-state index contributed by atoms with van der Waals surface area (Å²) in [5, 5.41) is 28.6. The van der Waals surface area contributed by atoms with Crippen molar-refractivity contribution in [1.29, 1.82) is 5.26 Å². The first kappa shape index (κ1) is 23.2. The number of anilines is 4. The zero-order chi connectivity index (χ0) is 25.6. The molecule has 0 radical (unpaired) electrons. The molecule has 1 aromatic carbocycles. The van der Waals surface area contributed by atoms with Crippen molar-refractivity contribution in [3.63, 3.8) is 0 Å². The van der Waals surface area contributed by atoms with E-state index in [0.717, 1.165) is 56.6 Å². The molecule has 190 valence electrons. The van der Waals surface area contributed by atoms with Crippen LogP contribution in [0.25, 0.3) is 10.9 Å². The summed E-state index contributed by atoms with van der Waals surface area (Å²) in [6, 6.07) is 10.3. The third-order valence-electron chi connectivity index (χ3n) is 8.21. The third kappa shape index (κ3) is 4.33. The number of nitrogens with one attached hydrogen (secondary N) is 2. The summed E-state index contributed by atoms with van der Waals surface area (Å²) in [5.74, 6) is 0.130. The van der Waals surface area contributed by atoms with E-state index in [1.807, 2.05) is 29.2 Å². The van der Waals surface area contributed by atoms with E-state index in [0.29, 0.717) is 35.8 Å². The summed E-state index contributed by atoms with van der Waals surface area (Å²) in [4.78, 5) is 37.6. The number of aromatic nitrogens is 4. The SMILES string of the molecule is N#CC1CCN(c2nc(Nc3ccc(N4CCC5(CC4)CC5C(=O)O)cc3)c3c(=O)[nH]ncc3n2)CC1.